The molecule has 0 N–H and O–H groups in total. The van der Waals surface area contributed by atoms with Crippen molar-refractivity contribution in [1.29, 1.82) is 10.5 Å². The molecule has 2 aromatic heterocycles. The van der Waals surface area contributed by atoms with Gasteiger partial charge >= 0.3 is 0 Å². The van der Waals surface area contributed by atoms with Crippen LogP contribution in [-0.2, 0) is 0 Å². The second-order valence-electron chi connectivity index (χ2n) is 8.04. The third-order valence-electron chi connectivity index (χ3n) is 6.34. The van der Waals surface area contributed by atoms with Gasteiger partial charge in [0.25, 0.3) is 0 Å². The van der Waals surface area contributed by atoms with Crippen LogP contribution in [-0.4, -0.2) is 9.97 Å². The van der Waals surface area contributed by atoms with Gasteiger partial charge in [0.1, 0.15) is 23.3 Å². The molecule has 0 aliphatic rings. The lowest BCUT2D eigenvalue weighted by Crippen LogP contribution is -1.98. The first kappa shape index (κ1) is 17.7. The fourth-order valence-corrected chi connectivity index (χ4v) is 4.89. The van der Waals surface area contributed by atoms with Gasteiger partial charge in [-0.05, 0) is 39.7 Å². The Balaban J connectivity index is 1.83. The first-order valence-corrected chi connectivity index (χ1v) is 10.5. The van der Waals surface area contributed by atoms with E-state index in [-0.39, 0.29) is 11.4 Å². The van der Waals surface area contributed by atoms with Crippen molar-refractivity contribution >= 4 is 65.3 Å². The summed E-state index contributed by atoms with van der Waals surface area (Å²) in [6.07, 6.45) is 0. The van der Waals surface area contributed by atoms with E-state index in [0.29, 0.717) is 11.0 Å². The van der Waals surface area contributed by atoms with Crippen LogP contribution in [0, 0.1) is 22.7 Å². The molecule has 5 heteroatoms. The minimum absolute atomic E-state index is 0.0306. The number of para-hydroxylation sites is 1. The van der Waals surface area contributed by atoms with Crippen molar-refractivity contribution in [2.75, 3.05) is 0 Å². The Kier molecular flexibility index (Phi) is 3.35. The normalized spacial score (nSPS) is 11.6. The molecule has 0 atom stereocenters. The zero-order chi connectivity index (χ0) is 22.1. The molecule has 0 fully saturated rings. The largest absolute Gasteiger partial charge is 0.456 e. The van der Waals surface area contributed by atoms with E-state index in [4.69, 9.17) is 4.42 Å². The highest BCUT2D eigenvalue weighted by Gasteiger charge is 2.19. The predicted molar refractivity (Wildman–Crippen MR) is 129 cm³/mol. The predicted octanol–water partition coefficient (Wildman–Crippen LogP) is 6.73. The summed E-state index contributed by atoms with van der Waals surface area (Å²) in [7, 11) is 0. The molecule has 7 aromatic rings. The number of benzene rings is 5. The monoisotopic (exact) mass is 420 g/mol. The van der Waals surface area contributed by atoms with Crippen molar-refractivity contribution < 1.29 is 4.42 Å². The highest BCUT2D eigenvalue weighted by Crippen LogP contribution is 2.41. The summed E-state index contributed by atoms with van der Waals surface area (Å²) in [5.41, 5.74) is 2.90. The molecule has 0 radical (unpaired) electrons. The Morgan fingerprint density at radius 1 is 0.576 bits per heavy atom. The third kappa shape index (κ3) is 2.28. The number of nitriles is 2. The smallest absolute Gasteiger partial charge is 0.177 e. The lowest BCUT2D eigenvalue weighted by Gasteiger charge is -2.12. The van der Waals surface area contributed by atoms with Crippen LogP contribution in [0.1, 0.15) is 11.4 Å². The molecular weight excluding hydrogens is 408 g/mol. The van der Waals surface area contributed by atoms with Crippen LogP contribution in [0.15, 0.2) is 77.2 Å². The Morgan fingerprint density at radius 3 is 2.12 bits per heavy atom. The van der Waals surface area contributed by atoms with E-state index in [2.05, 4.69) is 40.3 Å². The molecule has 0 spiro atoms. The van der Waals surface area contributed by atoms with Crippen LogP contribution in [0.5, 0.6) is 0 Å². The van der Waals surface area contributed by atoms with Crippen LogP contribution >= 0.6 is 0 Å². The molecule has 0 bridgehead atoms. The van der Waals surface area contributed by atoms with Gasteiger partial charge in [0.15, 0.2) is 11.4 Å². The highest BCUT2D eigenvalue weighted by atomic mass is 16.3. The Morgan fingerprint density at radius 2 is 1.30 bits per heavy atom. The molecule has 5 nitrogen and oxygen atoms in total. The number of rotatable bonds is 0. The van der Waals surface area contributed by atoms with Crippen molar-refractivity contribution in [3.63, 3.8) is 0 Å². The van der Waals surface area contributed by atoms with Gasteiger partial charge in [-0.25, -0.2) is 9.97 Å². The summed E-state index contributed by atoms with van der Waals surface area (Å²) < 4.78 is 6.16. The average molecular weight is 420 g/mol. The highest BCUT2D eigenvalue weighted by molar-refractivity contribution is 6.31. The third-order valence-corrected chi connectivity index (χ3v) is 6.34. The first-order valence-electron chi connectivity index (χ1n) is 10.5. The molecule has 5 aromatic carbocycles. The summed E-state index contributed by atoms with van der Waals surface area (Å²) >= 11 is 0. The Labute approximate surface area is 186 Å². The number of hydrogen-bond donors (Lipinski definition) is 0. The summed E-state index contributed by atoms with van der Waals surface area (Å²) in [4.78, 5) is 9.30. The van der Waals surface area contributed by atoms with Crippen LogP contribution in [0.25, 0.3) is 65.3 Å². The number of fused-ring (bicyclic) bond motifs is 11. The minimum Gasteiger partial charge on any atom is -0.456 e. The molecule has 7 rings (SSSR count). The summed E-state index contributed by atoms with van der Waals surface area (Å²) in [5, 5.41) is 27.1. The number of aromatic nitrogens is 2. The van der Waals surface area contributed by atoms with E-state index in [0.717, 1.165) is 54.3 Å². The zero-order valence-corrected chi connectivity index (χ0v) is 17.1. The Hall–Kier alpha value is -5.00. The van der Waals surface area contributed by atoms with Crippen LogP contribution in [0.3, 0.4) is 0 Å². The van der Waals surface area contributed by atoms with E-state index in [1.807, 2.05) is 54.6 Å². The van der Waals surface area contributed by atoms with Gasteiger partial charge < -0.3 is 4.42 Å². The minimum atomic E-state index is 0.0306. The Bertz CT molecular complexity index is 2060. The fourth-order valence-electron chi connectivity index (χ4n) is 4.89. The zero-order valence-electron chi connectivity index (χ0n) is 17.1. The second kappa shape index (κ2) is 6.26. The SMILES string of the molecule is N#Cc1nc2c3cc4c(cc3c3ccc5ccccc5c3c2nc1C#N)oc1ccccc14. The van der Waals surface area contributed by atoms with Crippen molar-refractivity contribution in [2.45, 2.75) is 0 Å². The lowest BCUT2D eigenvalue weighted by molar-refractivity contribution is 0.669. The quantitative estimate of drug-likeness (QED) is 0.254. The standard InChI is InChI=1S/C28H12N4O/c29-13-22-23(14-30)32-28-26-16-6-2-1-5-15(16)9-10-18(26)19-12-25-20(11-21(19)27(28)31-22)17-7-3-4-8-24(17)33-25/h1-12H. The second-order valence-corrected chi connectivity index (χ2v) is 8.04. The molecule has 2 heterocycles. The van der Waals surface area contributed by atoms with E-state index in [1.54, 1.807) is 0 Å². The fraction of sp³-hybridized carbons (Fsp3) is 0. The van der Waals surface area contributed by atoms with Gasteiger partial charge in [-0.2, -0.15) is 10.5 Å². The molecule has 0 saturated carbocycles. The maximum absolute atomic E-state index is 9.63. The summed E-state index contributed by atoms with van der Waals surface area (Å²) in [5.74, 6) is 0. The first-order chi connectivity index (χ1) is 16.3. The topological polar surface area (TPSA) is 86.5 Å². The van der Waals surface area contributed by atoms with E-state index in [1.165, 1.54) is 0 Å². The molecule has 0 saturated heterocycles. The molecule has 0 unspecified atom stereocenters. The summed E-state index contributed by atoms with van der Waals surface area (Å²) in [6, 6.07) is 28.4. The number of hydrogen-bond acceptors (Lipinski definition) is 5. The van der Waals surface area contributed by atoms with Crippen molar-refractivity contribution in [1.82, 2.24) is 9.97 Å². The molecule has 150 valence electrons. The van der Waals surface area contributed by atoms with Crippen molar-refractivity contribution in [2.24, 2.45) is 0 Å². The average Bonchev–Trinajstić information content (AvgIpc) is 3.24. The van der Waals surface area contributed by atoms with Crippen molar-refractivity contribution in [3.05, 3.63) is 84.2 Å². The molecular formula is C28H12N4O. The van der Waals surface area contributed by atoms with Crippen LogP contribution < -0.4 is 0 Å². The van der Waals surface area contributed by atoms with Gasteiger partial charge in [-0.1, -0.05) is 54.6 Å². The van der Waals surface area contributed by atoms with Crippen LogP contribution in [0.4, 0.5) is 0 Å². The molecule has 0 amide bonds. The van der Waals surface area contributed by atoms with Gasteiger partial charge in [-0.3, -0.25) is 0 Å². The lowest BCUT2D eigenvalue weighted by atomic mass is 9.94. The summed E-state index contributed by atoms with van der Waals surface area (Å²) in [6.45, 7) is 0. The maximum Gasteiger partial charge on any atom is 0.177 e. The molecule has 0 aliphatic carbocycles. The van der Waals surface area contributed by atoms with Gasteiger partial charge in [0.05, 0.1) is 11.0 Å². The van der Waals surface area contributed by atoms with Crippen molar-refractivity contribution in [3.8, 4) is 12.1 Å². The number of furan rings is 1. The number of nitrogens with zero attached hydrogens (tertiary/aromatic N) is 4. The van der Waals surface area contributed by atoms with Gasteiger partial charge in [0.2, 0.25) is 0 Å². The van der Waals surface area contributed by atoms with Gasteiger partial charge in [-0.15, -0.1) is 0 Å². The van der Waals surface area contributed by atoms with Gasteiger partial charge in [0, 0.05) is 21.5 Å². The maximum atomic E-state index is 9.63. The molecule has 33 heavy (non-hydrogen) atoms. The molecule has 0 aliphatic heterocycles. The van der Waals surface area contributed by atoms with E-state index < -0.39 is 0 Å². The van der Waals surface area contributed by atoms with Crippen LogP contribution in [0.2, 0.25) is 0 Å². The van der Waals surface area contributed by atoms with E-state index in [9.17, 15) is 10.5 Å². The van der Waals surface area contributed by atoms with E-state index >= 15 is 0 Å².